The van der Waals surface area contributed by atoms with Gasteiger partial charge in [-0.3, -0.25) is 9.88 Å². The molecule has 1 unspecified atom stereocenters. The van der Waals surface area contributed by atoms with E-state index in [1.54, 1.807) is 12.4 Å². The van der Waals surface area contributed by atoms with Gasteiger partial charge in [-0.15, -0.1) is 0 Å². The number of aromatic nitrogens is 1. The normalized spacial score (nSPS) is 19.7. The van der Waals surface area contributed by atoms with E-state index < -0.39 is 6.09 Å². The van der Waals surface area contributed by atoms with Gasteiger partial charge >= 0.3 is 6.09 Å². The Balaban J connectivity index is 2.48. The van der Waals surface area contributed by atoms with Gasteiger partial charge in [-0.25, -0.2) is 4.79 Å². The second-order valence-electron chi connectivity index (χ2n) is 5.25. The first kappa shape index (κ1) is 10.9. The predicted octanol–water partition coefficient (Wildman–Crippen LogP) is 2.66. The zero-order valence-corrected chi connectivity index (χ0v) is 9.77. The van der Waals surface area contributed by atoms with Crippen molar-refractivity contribution in [3.05, 3.63) is 29.6 Å². The number of pyridine rings is 1. The van der Waals surface area contributed by atoms with Crippen LogP contribution in [0.15, 0.2) is 18.5 Å². The van der Waals surface area contributed by atoms with Crippen molar-refractivity contribution in [3.63, 3.8) is 0 Å². The average Bonchev–Trinajstić information content (AvgIpc) is 2.55. The highest BCUT2D eigenvalue weighted by Gasteiger charge is 2.40. The fraction of sp³-hybridized carbons (Fsp3) is 0.500. The highest BCUT2D eigenvalue weighted by molar-refractivity contribution is 5.67. The molecule has 1 N–H and O–H groups in total. The van der Waals surface area contributed by atoms with Crippen LogP contribution in [0.2, 0.25) is 0 Å². The van der Waals surface area contributed by atoms with E-state index in [-0.39, 0.29) is 11.5 Å². The van der Waals surface area contributed by atoms with Gasteiger partial charge in [-0.1, -0.05) is 20.8 Å². The summed E-state index contributed by atoms with van der Waals surface area (Å²) >= 11 is 0. The molecule has 1 aromatic heterocycles. The van der Waals surface area contributed by atoms with E-state index in [9.17, 15) is 9.90 Å². The monoisotopic (exact) mass is 220 g/mol. The Kier molecular flexibility index (Phi) is 2.37. The van der Waals surface area contributed by atoms with E-state index >= 15 is 0 Å². The molecule has 1 amide bonds. The second-order valence-corrected chi connectivity index (χ2v) is 5.25. The van der Waals surface area contributed by atoms with Crippen LogP contribution in [0.3, 0.4) is 0 Å². The molecule has 0 saturated carbocycles. The lowest BCUT2D eigenvalue weighted by Gasteiger charge is -2.33. The molecule has 1 aliphatic heterocycles. The summed E-state index contributed by atoms with van der Waals surface area (Å²) in [6, 6.07) is 1.84. The van der Waals surface area contributed by atoms with Crippen molar-refractivity contribution in [1.82, 2.24) is 9.88 Å². The van der Waals surface area contributed by atoms with E-state index in [0.29, 0.717) is 6.54 Å². The van der Waals surface area contributed by atoms with Crippen molar-refractivity contribution in [2.24, 2.45) is 5.41 Å². The molecule has 1 aromatic rings. The summed E-state index contributed by atoms with van der Waals surface area (Å²) < 4.78 is 0. The Labute approximate surface area is 94.9 Å². The number of fused-ring (bicyclic) bond motifs is 1. The molecule has 0 saturated heterocycles. The highest BCUT2D eigenvalue weighted by atomic mass is 16.4. The largest absolute Gasteiger partial charge is 0.465 e. The summed E-state index contributed by atoms with van der Waals surface area (Å²) in [5, 5.41) is 9.22. The molecular formula is C12H16N2O2. The van der Waals surface area contributed by atoms with E-state index in [1.807, 2.05) is 6.07 Å². The Hall–Kier alpha value is -1.58. The SMILES string of the molecule is CC(C)(C)C1c2ccncc2CN1C(=O)O. The maximum Gasteiger partial charge on any atom is 0.408 e. The van der Waals surface area contributed by atoms with Gasteiger partial charge in [0, 0.05) is 12.4 Å². The third-order valence-electron chi connectivity index (χ3n) is 2.95. The van der Waals surface area contributed by atoms with E-state index in [4.69, 9.17) is 0 Å². The van der Waals surface area contributed by atoms with Gasteiger partial charge in [0.2, 0.25) is 0 Å². The molecule has 1 aliphatic rings. The third-order valence-corrected chi connectivity index (χ3v) is 2.95. The summed E-state index contributed by atoms with van der Waals surface area (Å²) in [6.45, 7) is 6.62. The average molecular weight is 220 g/mol. The summed E-state index contributed by atoms with van der Waals surface area (Å²) in [5.74, 6) is 0. The number of carbonyl (C=O) groups is 1. The number of rotatable bonds is 0. The molecule has 86 valence electrons. The summed E-state index contributed by atoms with van der Waals surface area (Å²) in [7, 11) is 0. The van der Waals surface area contributed by atoms with Crippen molar-refractivity contribution in [3.8, 4) is 0 Å². The maximum atomic E-state index is 11.2. The number of nitrogens with zero attached hydrogens (tertiary/aromatic N) is 2. The lowest BCUT2D eigenvalue weighted by atomic mass is 9.83. The number of hydrogen-bond donors (Lipinski definition) is 1. The zero-order valence-electron chi connectivity index (χ0n) is 9.77. The standard InChI is InChI=1S/C12H16N2O2/c1-12(2,3)10-9-4-5-13-6-8(9)7-14(10)11(15)16/h4-6,10H,7H2,1-3H3,(H,15,16). The Morgan fingerprint density at radius 3 is 2.81 bits per heavy atom. The van der Waals surface area contributed by atoms with Crippen LogP contribution in [-0.2, 0) is 6.54 Å². The van der Waals surface area contributed by atoms with Crippen LogP contribution in [0.1, 0.15) is 37.9 Å². The van der Waals surface area contributed by atoms with Gasteiger partial charge in [0.25, 0.3) is 0 Å². The second kappa shape index (κ2) is 3.47. The molecular weight excluding hydrogens is 204 g/mol. The van der Waals surface area contributed by atoms with Crippen molar-refractivity contribution in [2.75, 3.05) is 0 Å². The number of carboxylic acid groups (broad SMARTS) is 1. The van der Waals surface area contributed by atoms with Crippen molar-refractivity contribution in [2.45, 2.75) is 33.4 Å². The van der Waals surface area contributed by atoms with Crippen LogP contribution in [0, 0.1) is 5.41 Å². The molecule has 2 rings (SSSR count). The van der Waals surface area contributed by atoms with Gasteiger partial charge in [0.1, 0.15) is 0 Å². The van der Waals surface area contributed by atoms with E-state index in [1.165, 1.54) is 4.90 Å². The van der Waals surface area contributed by atoms with Crippen LogP contribution in [0.4, 0.5) is 4.79 Å². The van der Waals surface area contributed by atoms with Gasteiger partial charge in [0.15, 0.2) is 0 Å². The molecule has 0 aliphatic carbocycles. The van der Waals surface area contributed by atoms with Crippen LogP contribution in [-0.4, -0.2) is 21.1 Å². The van der Waals surface area contributed by atoms with Crippen LogP contribution < -0.4 is 0 Å². The molecule has 1 atom stereocenters. The minimum atomic E-state index is -0.865. The van der Waals surface area contributed by atoms with Crippen LogP contribution in [0.5, 0.6) is 0 Å². The smallest absolute Gasteiger partial charge is 0.408 e. The van der Waals surface area contributed by atoms with E-state index in [2.05, 4.69) is 25.8 Å². The zero-order chi connectivity index (χ0) is 11.9. The summed E-state index contributed by atoms with van der Waals surface area (Å²) in [4.78, 5) is 16.8. The summed E-state index contributed by atoms with van der Waals surface area (Å²) in [5.41, 5.74) is 2.00. The molecule has 4 heteroatoms. The first-order valence-electron chi connectivity index (χ1n) is 5.33. The molecule has 0 fully saturated rings. The molecule has 4 nitrogen and oxygen atoms in total. The quantitative estimate of drug-likeness (QED) is 0.731. The molecule has 2 heterocycles. The number of hydrogen-bond acceptors (Lipinski definition) is 2. The fourth-order valence-electron chi connectivity index (χ4n) is 2.39. The topological polar surface area (TPSA) is 53.4 Å². The van der Waals surface area contributed by atoms with Gasteiger partial charge < -0.3 is 5.11 Å². The molecule has 16 heavy (non-hydrogen) atoms. The lowest BCUT2D eigenvalue weighted by molar-refractivity contribution is 0.0900. The Morgan fingerprint density at radius 2 is 2.25 bits per heavy atom. The van der Waals surface area contributed by atoms with Crippen molar-refractivity contribution in [1.29, 1.82) is 0 Å². The highest BCUT2D eigenvalue weighted by Crippen LogP contribution is 2.44. The predicted molar refractivity (Wildman–Crippen MR) is 60.0 cm³/mol. The summed E-state index contributed by atoms with van der Waals surface area (Å²) in [6.07, 6.45) is 2.62. The number of amides is 1. The van der Waals surface area contributed by atoms with Crippen molar-refractivity contribution < 1.29 is 9.90 Å². The first-order chi connectivity index (χ1) is 7.41. The van der Waals surface area contributed by atoms with E-state index in [0.717, 1.165) is 11.1 Å². The van der Waals surface area contributed by atoms with Crippen LogP contribution in [0.25, 0.3) is 0 Å². The Morgan fingerprint density at radius 1 is 1.56 bits per heavy atom. The molecule has 0 bridgehead atoms. The Bertz CT molecular complexity index is 423. The first-order valence-corrected chi connectivity index (χ1v) is 5.33. The maximum absolute atomic E-state index is 11.2. The van der Waals surface area contributed by atoms with Gasteiger partial charge in [-0.05, 0) is 22.6 Å². The lowest BCUT2D eigenvalue weighted by Crippen LogP contribution is -2.35. The molecule has 0 aromatic carbocycles. The minimum absolute atomic E-state index is 0.0806. The van der Waals surface area contributed by atoms with Crippen molar-refractivity contribution >= 4 is 6.09 Å². The van der Waals surface area contributed by atoms with Crippen LogP contribution >= 0.6 is 0 Å². The molecule has 0 spiro atoms. The minimum Gasteiger partial charge on any atom is -0.465 e. The third kappa shape index (κ3) is 1.64. The fourth-order valence-corrected chi connectivity index (χ4v) is 2.39. The van der Waals surface area contributed by atoms with Gasteiger partial charge in [0.05, 0.1) is 12.6 Å². The van der Waals surface area contributed by atoms with Gasteiger partial charge in [-0.2, -0.15) is 0 Å². The molecule has 0 radical (unpaired) electrons.